The molecule has 0 aromatic carbocycles. The molecule has 274 valence electrons. The normalized spacial score (nSPS) is 22.3. The quantitative estimate of drug-likeness (QED) is 0.345. The second kappa shape index (κ2) is 13.1. The fourth-order valence-electron chi connectivity index (χ4n) is 8.05. The van der Waals surface area contributed by atoms with E-state index in [-0.39, 0.29) is 41.7 Å². The Morgan fingerprint density at radius 3 is 2.58 bits per heavy atom. The van der Waals surface area contributed by atoms with Gasteiger partial charge < -0.3 is 34.4 Å². The number of carbonyl (C=O) groups is 2. The third kappa shape index (κ3) is 6.65. The number of carbonyl (C=O) groups excluding carboxylic acids is 2. The van der Waals surface area contributed by atoms with Crippen LogP contribution in [0.3, 0.4) is 0 Å². The molecule has 1 aliphatic carbocycles. The molecule has 2 unspecified atom stereocenters. The zero-order valence-electron chi connectivity index (χ0n) is 31.0. The van der Waals surface area contributed by atoms with E-state index in [0.717, 1.165) is 18.5 Å². The van der Waals surface area contributed by atoms with E-state index in [9.17, 15) is 19.5 Å². The number of pyridine rings is 3. The standard InChI is InChI=1S/C39H48N8O5/c1-24-21-44(37(51)52-38(2,3)4)12-13-45(24)27-8-9-33(41-20-27)42-30-16-26(22-43(7)35(30)49)28-10-11-40-34(29(28)23-48)47-15-14-46-31(36(47)50)17-25-18-39(5,6)19-32(25)46/h8-11,14-17,20,22,24-25,32,48H,12-13,18-19,21,23H2,1-7H3,(H,41,42)/t24-,25?,32?/m0/s1. The first-order valence-electron chi connectivity index (χ1n) is 17.9. The molecular weight excluding hydrogens is 660 g/mol. The average molecular weight is 709 g/mol. The molecule has 6 heterocycles. The summed E-state index contributed by atoms with van der Waals surface area (Å²) in [4.78, 5) is 56.5. The number of aromatic nitrogens is 3. The van der Waals surface area contributed by atoms with Crippen LogP contribution < -0.4 is 20.7 Å². The predicted octanol–water partition coefficient (Wildman–Crippen LogP) is 5.35. The first kappa shape index (κ1) is 35.2. The number of anilines is 4. The second-order valence-corrected chi connectivity index (χ2v) is 16.1. The van der Waals surface area contributed by atoms with Gasteiger partial charge in [-0.15, -0.1) is 0 Å². The fourth-order valence-corrected chi connectivity index (χ4v) is 8.05. The fraction of sp³-hybridized carbons (Fsp3) is 0.462. The molecule has 13 heteroatoms. The molecule has 52 heavy (non-hydrogen) atoms. The monoisotopic (exact) mass is 708 g/mol. The molecule has 3 atom stereocenters. The number of nitrogens with one attached hydrogen (secondary N) is 1. The molecule has 3 aliphatic heterocycles. The molecule has 0 bridgehead atoms. The van der Waals surface area contributed by atoms with Gasteiger partial charge in [0.25, 0.3) is 11.5 Å². The summed E-state index contributed by atoms with van der Waals surface area (Å²) >= 11 is 0. The lowest BCUT2D eigenvalue weighted by Gasteiger charge is -2.41. The van der Waals surface area contributed by atoms with Crippen LogP contribution in [0.5, 0.6) is 0 Å². The van der Waals surface area contributed by atoms with E-state index in [2.05, 4.69) is 51.9 Å². The van der Waals surface area contributed by atoms with Gasteiger partial charge in [0.1, 0.15) is 28.6 Å². The molecule has 13 nitrogen and oxygen atoms in total. The Labute approximate surface area is 304 Å². The van der Waals surface area contributed by atoms with Gasteiger partial charge in [-0.25, -0.2) is 14.8 Å². The van der Waals surface area contributed by atoms with Gasteiger partial charge in [-0.3, -0.25) is 14.5 Å². The van der Waals surface area contributed by atoms with Crippen molar-refractivity contribution < 1.29 is 19.4 Å². The molecule has 2 N–H and O–H groups in total. The van der Waals surface area contributed by atoms with E-state index >= 15 is 0 Å². The highest BCUT2D eigenvalue weighted by molar-refractivity contribution is 6.08. The lowest BCUT2D eigenvalue weighted by atomic mass is 9.90. The molecule has 3 aromatic heterocycles. The van der Waals surface area contributed by atoms with E-state index in [1.54, 1.807) is 48.9 Å². The molecule has 2 amide bonds. The minimum atomic E-state index is -0.550. The van der Waals surface area contributed by atoms with Gasteiger partial charge in [0, 0.05) is 80.6 Å². The van der Waals surface area contributed by atoms with Gasteiger partial charge in [-0.2, -0.15) is 0 Å². The van der Waals surface area contributed by atoms with E-state index < -0.39 is 5.60 Å². The van der Waals surface area contributed by atoms with Gasteiger partial charge in [-0.05, 0) is 81.9 Å². The number of amides is 2. The predicted molar refractivity (Wildman–Crippen MR) is 200 cm³/mol. The maximum absolute atomic E-state index is 13.9. The van der Waals surface area contributed by atoms with Crippen LogP contribution in [0.2, 0.25) is 0 Å². The third-order valence-corrected chi connectivity index (χ3v) is 10.4. The topological polar surface area (TPSA) is 136 Å². The highest BCUT2D eigenvalue weighted by atomic mass is 16.6. The van der Waals surface area contributed by atoms with Crippen LogP contribution in [0.15, 0.2) is 71.8 Å². The van der Waals surface area contributed by atoms with Crippen LogP contribution in [0.4, 0.5) is 27.8 Å². The first-order valence-corrected chi connectivity index (χ1v) is 17.9. The maximum Gasteiger partial charge on any atom is 0.410 e. The Bertz CT molecular complexity index is 2010. The maximum atomic E-state index is 13.9. The van der Waals surface area contributed by atoms with Crippen molar-refractivity contribution in [2.75, 3.05) is 34.8 Å². The first-order chi connectivity index (χ1) is 24.6. The summed E-state index contributed by atoms with van der Waals surface area (Å²) in [6.45, 7) is 13.5. The Balaban J connectivity index is 1.10. The number of aryl methyl sites for hydroxylation is 1. The summed E-state index contributed by atoms with van der Waals surface area (Å²) in [5.74, 6) is 0.983. The Kier molecular flexibility index (Phi) is 8.88. The van der Waals surface area contributed by atoms with Crippen LogP contribution in [-0.4, -0.2) is 78.8 Å². The Hall–Kier alpha value is -5.17. The van der Waals surface area contributed by atoms with E-state index in [0.29, 0.717) is 65.3 Å². The van der Waals surface area contributed by atoms with Crippen molar-refractivity contribution in [2.45, 2.75) is 78.7 Å². The van der Waals surface area contributed by atoms with Crippen molar-refractivity contribution in [1.82, 2.24) is 24.3 Å². The zero-order chi connectivity index (χ0) is 37.1. The van der Waals surface area contributed by atoms with Gasteiger partial charge in [-0.1, -0.05) is 13.8 Å². The minimum Gasteiger partial charge on any atom is -0.444 e. The Morgan fingerprint density at radius 2 is 1.88 bits per heavy atom. The largest absolute Gasteiger partial charge is 0.444 e. The summed E-state index contributed by atoms with van der Waals surface area (Å²) in [5, 5.41) is 13.9. The van der Waals surface area contributed by atoms with Crippen LogP contribution in [0.1, 0.15) is 59.9 Å². The van der Waals surface area contributed by atoms with Crippen LogP contribution in [0, 0.1) is 11.3 Å². The average Bonchev–Trinajstić information content (AvgIpc) is 3.58. The third-order valence-electron chi connectivity index (χ3n) is 10.4. The number of aliphatic hydroxyl groups is 1. The van der Waals surface area contributed by atoms with Crippen molar-refractivity contribution in [3.63, 3.8) is 0 Å². The van der Waals surface area contributed by atoms with Gasteiger partial charge in [0.15, 0.2) is 0 Å². The van der Waals surface area contributed by atoms with Crippen molar-refractivity contribution in [3.05, 3.63) is 82.9 Å². The number of hydrogen-bond acceptors (Lipinski definition) is 10. The van der Waals surface area contributed by atoms with Gasteiger partial charge in [0.2, 0.25) is 0 Å². The molecule has 0 radical (unpaired) electrons. The summed E-state index contributed by atoms with van der Waals surface area (Å²) in [6.07, 6.45) is 12.6. The van der Waals surface area contributed by atoms with Crippen LogP contribution >= 0.6 is 0 Å². The smallest absolute Gasteiger partial charge is 0.410 e. The molecule has 7 rings (SSSR count). The summed E-state index contributed by atoms with van der Waals surface area (Å²) < 4.78 is 7.04. The molecular formula is C39H48N8O5. The Morgan fingerprint density at radius 1 is 1.10 bits per heavy atom. The summed E-state index contributed by atoms with van der Waals surface area (Å²) in [7, 11) is 1.67. The molecule has 4 aliphatic rings. The summed E-state index contributed by atoms with van der Waals surface area (Å²) in [5.41, 5.74) is 3.07. The van der Waals surface area contributed by atoms with Gasteiger partial charge >= 0.3 is 6.09 Å². The SMILES string of the molecule is C[C@H]1CN(C(=O)OC(C)(C)C)CCN1c1ccc(Nc2cc(-c3ccnc(N4C=CN5C(=CC6CC(C)(C)CC65)C4=O)c3CO)cn(C)c2=O)nc1. The minimum absolute atomic E-state index is 0.0495. The number of ether oxygens (including phenoxy) is 1. The number of rotatable bonds is 6. The van der Waals surface area contributed by atoms with Crippen molar-refractivity contribution in [1.29, 1.82) is 0 Å². The highest BCUT2D eigenvalue weighted by Gasteiger charge is 2.48. The van der Waals surface area contributed by atoms with E-state index in [1.807, 2.05) is 39.1 Å². The summed E-state index contributed by atoms with van der Waals surface area (Å²) in [6, 6.07) is 7.60. The van der Waals surface area contributed by atoms with E-state index in [4.69, 9.17) is 4.74 Å². The zero-order valence-corrected chi connectivity index (χ0v) is 31.0. The number of piperazine rings is 1. The number of fused-ring (bicyclic) bond motifs is 3. The molecule has 3 aromatic rings. The number of nitrogens with zero attached hydrogens (tertiary/aromatic N) is 7. The second-order valence-electron chi connectivity index (χ2n) is 16.1. The lowest BCUT2D eigenvalue weighted by molar-refractivity contribution is -0.116. The van der Waals surface area contributed by atoms with Crippen LogP contribution in [-0.2, 0) is 23.2 Å². The number of hydrogen-bond donors (Lipinski definition) is 2. The molecule has 1 saturated carbocycles. The van der Waals surface area contributed by atoms with Crippen molar-refractivity contribution in [3.8, 4) is 11.1 Å². The number of aliphatic hydroxyl groups excluding tert-OH is 1. The lowest BCUT2D eigenvalue weighted by Crippen LogP contribution is -2.54. The highest BCUT2D eigenvalue weighted by Crippen LogP contribution is 2.50. The van der Waals surface area contributed by atoms with Crippen molar-refractivity contribution in [2.24, 2.45) is 18.4 Å². The molecule has 1 saturated heterocycles. The van der Waals surface area contributed by atoms with Crippen LogP contribution in [0.25, 0.3) is 11.1 Å². The van der Waals surface area contributed by atoms with E-state index in [1.165, 1.54) is 9.47 Å². The van der Waals surface area contributed by atoms with Crippen molar-refractivity contribution >= 4 is 35.0 Å². The van der Waals surface area contributed by atoms with Gasteiger partial charge in [0.05, 0.1) is 18.5 Å². The molecule has 0 spiro atoms. The molecule has 2 fully saturated rings.